The van der Waals surface area contributed by atoms with Crippen LogP contribution in [-0.4, -0.2) is 24.4 Å². The Bertz CT molecular complexity index is 953. The van der Waals surface area contributed by atoms with Gasteiger partial charge in [-0.2, -0.15) is 0 Å². The van der Waals surface area contributed by atoms with E-state index in [1.165, 1.54) is 12.6 Å². The van der Waals surface area contributed by atoms with Gasteiger partial charge in [-0.15, -0.1) is 0 Å². The molecule has 0 aromatic heterocycles. The van der Waals surface area contributed by atoms with E-state index in [1.807, 2.05) is 24.3 Å². The molecule has 1 atom stereocenters. The summed E-state index contributed by atoms with van der Waals surface area (Å²) in [6.07, 6.45) is 2.68. The molecule has 4 nitrogen and oxygen atoms in total. The van der Waals surface area contributed by atoms with Gasteiger partial charge in [0.25, 0.3) is 5.91 Å². The molecular weight excluding hydrogens is 348 g/mol. The zero-order chi connectivity index (χ0) is 20.3. The molecule has 144 valence electrons. The van der Waals surface area contributed by atoms with E-state index in [2.05, 4.69) is 38.2 Å². The second kappa shape index (κ2) is 8.34. The van der Waals surface area contributed by atoms with Gasteiger partial charge in [0.1, 0.15) is 0 Å². The molecule has 1 aliphatic carbocycles. The second-order valence-electron chi connectivity index (χ2n) is 7.36. The maximum absolute atomic E-state index is 12.6. The number of ketones is 1. The molecular formula is C24H26N2O2. The fourth-order valence-electron chi connectivity index (χ4n) is 3.75. The number of aliphatic imine (C=N–C) groups is 1. The molecule has 0 bridgehead atoms. The zero-order valence-electron chi connectivity index (χ0n) is 16.8. The molecule has 0 fully saturated rings. The topological polar surface area (TPSA) is 58.5 Å². The van der Waals surface area contributed by atoms with E-state index in [0.717, 1.165) is 17.7 Å². The van der Waals surface area contributed by atoms with Crippen molar-refractivity contribution < 1.29 is 9.59 Å². The lowest BCUT2D eigenvalue weighted by molar-refractivity contribution is -0.116. The number of carbonyl (C=O) groups excluding carboxylic acids is 2. The molecule has 1 unspecified atom stereocenters. The monoisotopic (exact) mass is 374 g/mol. The van der Waals surface area contributed by atoms with Gasteiger partial charge in [-0.3, -0.25) is 9.59 Å². The van der Waals surface area contributed by atoms with Gasteiger partial charge in [0, 0.05) is 18.2 Å². The molecule has 2 aromatic carbocycles. The largest absolute Gasteiger partial charge is 0.355 e. The summed E-state index contributed by atoms with van der Waals surface area (Å²) in [7, 11) is 1.52. The van der Waals surface area contributed by atoms with Crippen LogP contribution in [0.2, 0.25) is 0 Å². The van der Waals surface area contributed by atoms with Crippen molar-refractivity contribution >= 4 is 23.1 Å². The summed E-state index contributed by atoms with van der Waals surface area (Å²) in [6.45, 7) is 6.69. The molecule has 0 saturated carbocycles. The summed E-state index contributed by atoms with van der Waals surface area (Å²) in [4.78, 5) is 29.5. The van der Waals surface area contributed by atoms with E-state index < -0.39 is 5.91 Å². The molecule has 1 N–H and O–H groups in total. The van der Waals surface area contributed by atoms with Gasteiger partial charge in [-0.25, -0.2) is 4.99 Å². The molecule has 1 aliphatic rings. The van der Waals surface area contributed by atoms with E-state index in [1.54, 1.807) is 18.2 Å². The first-order valence-electron chi connectivity index (χ1n) is 9.72. The molecule has 0 radical (unpaired) electrons. The molecule has 28 heavy (non-hydrogen) atoms. The number of carbonyl (C=O) groups is 2. The zero-order valence-corrected chi connectivity index (χ0v) is 16.8. The van der Waals surface area contributed by atoms with Gasteiger partial charge in [0.2, 0.25) is 0 Å². The van der Waals surface area contributed by atoms with Crippen molar-refractivity contribution in [2.24, 2.45) is 10.9 Å². The highest BCUT2D eigenvalue weighted by Gasteiger charge is 2.27. The minimum atomic E-state index is -0.398. The summed E-state index contributed by atoms with van der Waals surface area (Å²) in [5.41, 5.74) is 4.10. The van der Waals surface area contributed by atoms with E-state index in [0.29, 0.717) is 23.1 Å². The highest BCUT2D eigenvalue weighted by molar-refractivity contribution is 6.35. The van der Waals surface area contributed by atoms with Crippen LogP contribution in [0.5, 0.6) is 0 Å². The minimum Gasteiger partial charge on any atom is -0.355 e. The van der Waals surface area contributed by atoms with Crippen molar-refractivity contribution in [1.29, 1.82) is 0 Å². The highest BCUT2D eigenvalue weighted by atomic mass is 16.2. The molecule has 1 amide bonds. The number of nitrogens with one attached hydrogen (secondary N) is 1. The van der Waals surface area contributed by atoms with Crippen molar-refractivity contribution in [3.05, 3.63) is 76.9 Å². The lowest BCUT2D eigenvalue weighted by Gasteiger charge is -2.19. The minimum absolute atomic E-state index is 0.113. The van der Waals surface area contributed by atoms with E-state index in [9.17, 15) is 9.59 Å². The lowest BCUT2D eigenvalue weighted by atomic mass is 9.86. The summed E-state index contributed by atoms with van der Waals surface area (Å²) in [6, 6.07) is 15.5. The Balaban J connectivity index is 2.03. The average molecular weight is 374 g/mol. The number of amides is 1. The van der Waals surface area contributed by atoms with Crippen LogP contribution in [0, 0.1) is 5.92 Å². The third-order valence-corrected chi connectivity index (χ3v) is 5.26. The van der Waals surface area contributed by atoms with Crippen LogP contribution in [0.25, 0.3) is 0 Å². The van der Waals surface area contributed by atoms with Crippen LogP contribution in [0.15, 0.2) is 65.2 Å². The fraction of sp³-hybridized carbons (Fsp3) is 0.292. The standard InChI is InChI=1S/C24H26N2O2/c1-5-18(15(2)3)16-10-12-17(13-11-16)26-22-14-21(24(28)25-4)23(27)20-9-7-6-8-19(20)22/h6-15,18H,5H2,1-4H3,(H,25,28). The Labute approximate surface area is 166 Å². The summed E-state index contributed by atoms with van der Waals surface area (Å²) >= 11 is 0. The van der Waals surface area contributed by atoms with Crippen molar-refractivity contribution in [1.82, 2.24) is 5.32 Å². The summed E-state index contributed by atoms with van der Waals surface area (Å²) < 4.78 is 0. The summed E-state index contributed by atoms with van der Waals surface area (Å²) in [5, 5.41) is 2.53. The maximum Gasteiger partial charge on any atom is 0.255 e. The normalized spacial score (nSPS) is 16.0. The third-order valence-electron chi connectivity index (χ3n) is 5.26. The predicted octanol–water partition coefficient (Wildman–Crippen LogP) is 4.83. The number of benzene rings is 2. The third kappa shape index (κ3) is 3.81. The first kappa shape index (κ1) is 19.7. The molecule has 4 heteroatoms. The van der Waals surface area contributed by atoms with Crippen LogP contribution >= 0.6 is 0 Å². The van der Waals surface area contributed by atoms with Gasteiger partial charge in [0.15, 0.2) is 5.78 Å². The van der Waals surface area contributed by atoms with Crippen LogP contribution < -0.4 is 5.32 Å². The van der Waals surface area contributed by atoms with Crippen molar-refractivity contribution in [2.75, 3.05) is 7.05 Å². The maximum atomic E-state index is 12.6. The van der Waals surface area contributed by atoms with Gasteiger partial charge in [0.05, 0.1) is 17.0 Å². The smallest absolute Gasteiger partial charge is 0.255 e. The number of hydrogen-bond acceptors (Lipinski definition) is 3. The van der Waals surface area contributed by atoms with Crippen LogP contribution in [0.3, 0.4) is 0 Å². The first-order valence-corrected chi connectivity index (χ1v) is 9.72. The fourth-order valence-corrected chi connectivity index (χ4v) is 3.75. The molecule has 2 aromatic rings. The number of nitrogens with zero attached hydrogens (tertiary/aromatic N) is 1. The second-order valence-corrected chi connectivity index (χ2v) is 7.36. The highest BCUT2D eigenvalue weighted by Crippen LogP contribution is 2.30. The van der Waals surface area contributed by atoms with Crippen molar-refractivity contribution in [3.8, 4) is 0 Å². The molecule has 0 aliphatic heterocycles. The summed E-state index contributed by atoms with van der Waals surface area (Å²) in [5.74, 6) is 0.433. The Morgan fingerprint density at radius 1 is 1.04 bits per heavy atom. The number of allylic oxidation sites excluding steroid dienone is 1. The molecule has 0 spiro atoms. The van der Waals surface area contributed by atoms with Gasteiger partial charge in [-0.05, 0) is 42.0 Å². The number of Topliss-reactive ketones (excluding diaryl/α,β-unsaturated/α-hetero) is 1. The predicted molar refractivity (Wildman–Crippen MR) is 113 cm³/mol. The lowest BCUT2D eigenvalue weighted by Crippen LogP contribution is -2.29. The Hall–Kier alpha value is -3.01. The van der Waals surface area contributed by atoms with E-state index in [4.69, 9.17) is 4.99 Å². The van der Waals surface area contributed by atoms with E-state index >= 15 is 0 Å². The van der Waals surface area contributed by atoms with Crippen LogP contribution in [-0.2, 0) is 4.79 Å². The Kier molecular flexibility index (Phi) is 5.88. The van der Waals surface area contributed by atoms with Crippen LogP contribution in [0.4, 0.5) is 5.69 Å². The quantitative estimate of drug-likeness (QED) is 0.763. The van der Waals surface area contributed by atoms with Gasteiger partial charge < -0.3 is 5.32 Å². The SMILES string of the molecule is CCC(c1ccc(N=C2C=C(C(=O)NC)C(=O)c3ccccc32)cc1)C(C)C. The van der Waals surface area contributed by atoms with Gasteiger partial charge >= 0.3 is 0 Å². The number of fused-ring (bicyclic) bond motifs is 1. The number of hydrogen-bond donors (Lipinski definition) is 1. The average Bonchev–Trinajstić information content (AvgIpc) is 2.71. The molecule has 0 saturated heterocycles. The van der Waals surface area contributed by atoms with E-state index in [-0.39, 0.29) is 11.4 Å². The van der Waals surface area contributed by atoms with Crippen molar-refractivity contribution in [3.63, 3.8) is 0 Å². The van der Waals surface area contributed by atoms with Crippen LogP contribution in [0.1, 0.15) is 54.6 Å². The Morgan fingerprint density at radius 2 is 1.68 bits per heavy atom. The van der Waals surface area contributed by atoms with Crippen molar-refractivity contribution in [2.45, 2.75) is 33.1 Å². The van der Waals surface area contributed by atoms with Gasteiger partial charge in [-0.1, -0.05) is 57.2 Å². The first-order chi connectivity index (χ1) is 13.5. The number of likely N-dealkylation sites (N-methyl/N-ethyl adjacent to an activating group) is 1. The molecule has 0 heterocycles. The Morgan fingerprint density at radius 3 is 2.25 bits per heavy atom. The molecule has 3 rings (SSSR count). The number of rotatable bonds is 5.